The monoisotopic (exact) mass is 2120 g/mol. The maximum Gasteiger partial charge on any atom is 0.245 e. The van der Waals surface area contributed by atoms with Gasteiger partial charge in [-0.2, -0.15) is 0 Å². The van der Waals surface area contributed by atoms with E-state index in [0.29, 0.717) is 5.56 Å². The van der Waals surface area contributed by atoms with Crippen molar-refractivity contribution in [3.8, 4) is 0 Å². The lowest BCUT2D eigenvalue weighted by Gasteiger charge is -2.28. The average Bonchev–Trinajstić information content (AvgIpc) is 0.856. The largest absolute Gasteiger partial charge is 0.394 e. The van der Waals surface area contributed by atoms with Crippen molar-refractivity contribution in [2.75, 3.05) is 65.5 Å². The molecule has 0 saturated carbocycles. The van der Waals surface area contributed by atoms with Gasteiger partial charge in [0.2, 0.25) is 142 Å². The number of carbonyl (C=O) groups excluding carboxylic acids is 24. The SMILES string of the molecule is CC(=O)NCCCC[C@H](NC(=O)CNC(=O)[C@@H](NC(=O)[C@H](Cc1ccccc1)NC(=O)CNC(=O)CNC(=O)[C@@H](N)Cc1ccccc1)[C@@H](C)O)C(=O)N[C@@H](CCCN=C(N)N)C(=O)N[C@@H](CCCCN)C(=O)N[C@@H](CO)C(=O)N[C@@H](CC(N)=O)C(=O)N[C@@H](CCCN=C(N)N)C(=O)N[C@@H](CCCCN)C(=O)N[C@@H](CCCCNC(C)=O)C(=O)N[C@@H](C)C(=O)N[C@@H](CC(N)=O)C(=O)N[C@@H](CCC(N)=O)C(=O)N[C@@H](CC(N)=O)C(N)=O. The number of benzene rings is 2. The predicted octanol–water partition coefficient (Wildman–Crippen LogP) is -15.3. The van der Waals surface area contributed by atoms with Gasteiger partial charge in [0.25, 0.3) is 0 Å². The normalized spacial score (nSPS) is 14.0. The Balaban J connectivity index is 2.57. The summed E-state index contributed by atoms with van der Waals surface area (Å²) in [5.41, 5.74) is 68.1. The number of hydrogen-bond donors (Lipinski definition) is 33. The number of carbonyl (C=O) groups is 24. The van der Waals surface area contributed by atoms with E-state index in [1.165, 1.54) is 13.8 Å². The molecule has 0 bridgehead atoms. The van der Waals surface area contributed by atoms with Crippen LogP contribution in [0.25, 0.3) is 0 Å². The van der Waals surface area contributed by atoms with Crippen molar-refractivity contribution in [3.05, 3.63) is 71.8 Å². The van der Waals surface area contributed by atoms with Crippen LogP contribution in [0.4, 0.5) is 0 Å². The fraction of sp³-hybridized carbons (Fsp3) is 0.582. The Morgan fingerprint density at radius 3 is 1.00 bits per heavy atom. The fourth-order valence-corrected chi connectivity index (χ4v) is 14.2. The summed E-state index contributed by atoms with van der Waals surface area (Å²) in [7, 11) is 0. The zero-order chi connectivity index (χ0) is 113. The van der Waals surface area contributed by atoms with E-state index in [0.717, 1.165) is 19.4 Å². The van der Waals surface area contributed by atoms with Crippen LogP contribution in [0.5, 0.6) is 0 Å². The second kappa shape index (κ2) is 71.6. The molecule has 2 aromatic rings. The number of nitrogens with one attached hydrogen (secondary N) is 19. The van der Waals surface area contributed by atoms with Gasteiger partial charge < -0.3 is 180 Å². The number of amides is 24. The molecule has 0 aromatic heterocycles. The zero-order valence-electron chi connectivity index (χ0n) is 84.4. The Hall–Kier alpha value is -15.9. The molecule has 59 nitrogen and oxygen atoms in total. The Morgan fingerprint density at radius 1 is 0.307 bits per heavy atom. The summed E-state index contributed by atoms with van der Waals surface area (Å²) in [5.74, 6) is -25.9. The maximum atomic E-state index is 14.8. The average molecular weight is 2120 g/mol. The number of nitrogens with two attached hydrogens (primary N) is 12. The van der Waals surface area contributed by atoms with Crippen molar-refractivity contribution >= 4 is 154 Å². The Morgan fingerprint density at radius 2 is 0.620 bits per heavy atom. The van der Waals surface area contributed by atoms with Gasteiger partial charge in [-0.25, -0.2) is 0 Å². The Labute approximate surface area is 864 Å². The van der Waals surface area contributed by atoms with E-state index in [2.05, 4.69) is 111 Å². The summed E-state index contributed by atoms with van der Waals surface area (Å²) in [6.07, 6.45) is -6.33. The van der Waals surface area contributed by atoms with Crippen molar-refractivity contribution in [1.29, 1.82) is 0 Å². The van der Waals surface area contributed by atoms with Crippen molar-refractivity contribution in [3.63, 3.8) is 0 Å². The highest BCUT2D eigenvalue weighted by Crippen LogP contribution is 2.15. The lowest BCUT2D eigenvalue weighted by atomic mass is 10.0. The minimum Gasteiger partial charge on any atom is -0.394 e. The first kappa shape index (κ1) is 130. The van der Waals surface area contributed by atoms with Gasteiger partial charge in [-0.15, -0.1) is 0 Å². The second-order valence-electron chi connectivity index (χ2n) is 35.0. The summed E-state index contributed by atoms with van der Waals surface area (Å²) >= 11 is 0. The summed E-state index contributed by atoms with van der Waals surface area (Å²) in [6, 6.07) is -8.40. The first-order valence-corrected chi connectivity index (χ1v) is 48.5. The van der Waals surface area contributed by atoms with Gasteiger partial charge in [-0.1, -0.05) is 60.7 Å². The number of aliphatic imine (C=N–C) groups is 2. The molecule has 0 aliphatic rings. The molecular formula is C91H149N33O26. The highest BCUT2D eigenvalue weighted by molar-refractivity contribution is 6.03. The van der Waals surface area contributed by atoms with E-state index in [-0.39, 0.29) is 154 Å². The van der Waals surface area contributed by atoms with Gasteiger partial charge in [-0.05, 0) is 154 Å². The molecular weight excluding hydrogens is 1970 g/mol. The van der Waals surface area contributed by atoms with E-state index in [9.17, 15) is 125 Å². The van der Waals surface area contributed by atoms with Gasteiger partial charge in [0.15, 0.2) is 11.9 Å². The van der Waals surface area contributed by atoms with E-state index >= 15 is 0 Å². The van der Waals surface area contributed by atoms with Gasteiger partial charge in [0.05, 0.1) is 57.6 Å². The molecule has 0 unspecified atom stereocenters. The van der Waals surface area contributed by atoms with Crippen LogP contribution in [0.15, 0.2) is 70.6 Å². The standard InChI is InChI=1S/C91H149N33O26/c1-48(76(137)121-64(42-69(97)131)85(146)119-61(31-32-67(95)129)84(145)120-62(75(99)136)41-68(96)130)111-78(139)56(28-14-18-36-105-51(4)128)114-80(141)57(25-11-15-33-92)115-82(143)60(30-20-38-107-91(102)103)118-86(147)65(43-70(98)132)122-88(149)66(47-125)123-83(144)58(26-12-16-34-93)116-81(142)59(29-19-37-106-90(100)101)117-79(140)55(27-13-17-35-104-50(3)127)112-73(135)46-110-89(150)74(49(2)126)124-87(148)63(40-53-23-9-6-10-24-53)113-72(134)45-108-71(133)44-109-77(138)54(94)39-52-21-7-5-8-22-52/h5-10,21-24,48-49,54-66,74,125-126H,11-20,25-47,92-94H2,1-4H3,(H2,95,129)(H2,96,130)(H2,97,131)(H2,98,132)(H2,99,136)(H,104,127)(H,105,128)(H,108,133)(H,109,138)(H,110,150)(H,111,139)(H,112,135)(H,113,134)(H,114,141)(H,115,143)(H,116,142)(H,117,140)(H,118,147)(H,119,146)(H,120,145)(H,121,137)(H,122,149)(H,123,144)(H,124,148)(H4,100,101,106)(H4,102,103,107)/t48-,49+,54-,55-,56-,57-,58-,59-,60-,61-,62-,63-,64-,65-,66-,74-/m0/s1. The van der Waals surface area contributed by atoms with E-state index < -0.39 is 309 Å². The molecule has 2 rings (SSSR count). The molecule has 0 heterocycles. The first-order valence-electron chi connectivity index (χ1n) is 48.5. The Bertz CT molecular complexity index is 4920. The van der Waals surface area contributed by atoms with Crippen LogP contribution in [0.3, 0.4) is 0 Å². The highest BCUT2D eigenvalue weighted by atomic mass is 16.3. The summed E-state index contributed by atoms with van der Waals surface area (Å²) in [4.78, 5) is 331. The van der Waals surface area contributed by atoms with E-state index in [1.54, 1.807) is 60.7 Å². The van der Waals surface area contributed by atoms with Crippen LogP contribution in [0.2, 0.25) is 0 Å². The zero-order valence-corrected chi connectivity index (χ0v) is 84.4. The number of unbranched alkanes of at least 4 members (excludes halogenated alkanes) is 4. The van der Waals surface area contributed by atoms with Crippen molar-refractivity contribution < 1.29 is 125 Å². The molecule has 150 heavy (non-hydrogen) atoms. The predicted molar refractivity (Wildman–Crippen MR) is 539 cm³/mol. The molecule has 0 saturated heterocycles. The molecule has 834 valence electrons. The molecule has 0 spiro atoms. The number of nitrogens with zero attached hydrogens (tertiary/aromatic N) is 2. The quantitative estimate of drug-likeness (QED) is 0.0166. The maximum absolute atomic E-state index is 14.8. The third kappa shape index (κ3) is 55.6. The van der Waals surface area contributed by atoms with E-state index in [1.807, 2.05) is 0 Å². The molecule has 0 radical (unpaired) electrons. The number of hydrogen-bond acceptors (Lipinski definition) is 31. The molecule has 2 aromatic carbocycles. The highest BCUT2D eigenvalue weighted by Gasteiger charge is 2.40. The number of rotatable bonds is 76. The van der Waals surface area contributed by atoms with Crippen molar-refractivity contribution in [2.45, 2.75) is 272 Å². The van der Waals surface area contributed by atoms with Crippen molar-refractivity contribution in [1.82, 2.24) is 101 Å². The first-order chi connectivity index (χ1) is 70.9. The number of aliphatic hydroxyl groups is 2. The number of primary amides is 5. The van der Waals surface area contributed by atoms with Gasteiger partial charge in [0.1, 0.15) is 84.6 Å². The minimum absolute atomic E-state index is 0.0450. The third-order valence-electron chi connectivity index (χ3n) is 22.1. The van der Waals surface area contributed by atoms with Crippen LogP contribution in [0.1, 0.15) is 174 Å². The molecule has 45 N–H and O–H groups in total. The van der Waals surface area contributed by atoms with Crippen LogP contribution < -0.4 is 170 Å². The topological polar surface area (TPSA) is 1020 Å². The molecule has 59 heteroatoms. The summed E-state index contributed by atoms with van der Waals surface area (Å²) in [5, 5.41) is 67.2. The lowest BCUT2D eigenvalue weighted by molar-refractivity contribution is -0.137. The summed E-state index contributed by atoms with van der Waals surface area (Å²) in [6.45, 7) is 1.16. The molecule has 16 atom stereocenters. The van der Waals surface area contributed by atoms with Crippen LogP contribution in [0, 0.1) is 0 Å². The van der Waals surface area contributed by atoms with Crippen LogP contribution in [-0.4, -0.2) is 326 Å². The van der Waals surface area contributed by atoms with E-state index in [4.69, 9.17) is 68.8 Å². The van der Waals surface area contributed by atoms with Gasteiger partial charge >= 0.3 is 0 Å². The van der Waals surface area contributed by atoms with Gasteiger partial charge in [0, 0.05) is 52.9 Å². The minimum atomic E-state index is -2.07. The third-order valence-corrected chi connectivity index (χ3v) is 22.1. The Kier molecular flexibility index (Phi) is 62.1. The smallest absolute Gasteiger partial charge is 0.245 e. The fourth-order valence-electron chi connectivity index (χ4n) is 14.2. The molecule has 0 fully saturated rings. The van der Waals surface area contributed by atoms with Crippen LogP contribution in [-0.2, 0) is 128 Å². The number of guanidine groups is 2. The van der Waals surface area contributed by atoms with Gasteiger partial charge in [-0.3, -0.25) is 125 Å². The van der Waals surface area contributed by atoms with Crippen LogP contribution >= 0.6 is 0 Å². The molecule has 0 aliphatic heterocycles. The lowest BCUT2D eigenvalue weighted by Crippen LogP contribution is -2.61. The van der Waals surface area contributed by atoms with Crippen molar-refractivity contribution in [2.24, 2.45) is 78.8 Å². The number of aliphatic hydroxyl groups excluding tert-OH is 2. The molecule has 24 amide bonds. The second-order valence-corrected chi connectivity index (χ2v) is 35.0. The summed E-state index contributed by atoms with van der Waals surface area (Å²) < 4.78 is 0. The molecule has 0 aliphatic carbocycles.